The zero-order valence-electron chi connectivity index (χ0n) is 18.3. The molecule has 2 aromatic carbocycles. The van der Waals surface area contributed by atoms with E-state index in [1.165, 1.54) is 17.0 Å². The van der Waals surface area contributed by atoms with Gasteiger partial charge in [-0.15, -0.1) is 0 Å². The number of rotatable bonds is 8. The molecule has 34 heavy (non-hydrogen) atoms. The highest BCUT2D eigenvalue weighted by Crippen LogP contribution is 2.23. The molecule has 3 amide bonds. The predicted octanol–water partition coefficient (Wildman–Crippen LogP) is 1.53. The van der Waals surface area contributed by atoms with Gasteiger partial charge < -0.3 is 30.3 Å². The summed E-state index contributed by atoms with van der Waals surface area (Å²) in [5.74, 6) is -1.34. The molecule has 2 aromatic rings. The van der Waals surface area contributed by atoms with Gasteiger partial charge in [-0.1, -0.05) is 18.2 Å². The molecular formula is C22H25N5O7. The molecule has 3 rings (SSSR count). The summed E-state index contributed by atoms with van der Waals surface area (Å²) in [7, 11) is 0. The van der Waals surface area contributed by atoms with E-state index in [0.717, 1.165) is 6.07 Å². The fraction of sp³-hybridized carbons (Fsp3) is 0.318. The Morgan fingerprint density at radius 2 is 1.71 bits per heavy atom. The molecule has 0 radical (unpaired) electrons. The van der Waals surface area contributed by atoms with Gasteiger partial charge in [-0.2, -0.15) is 0 Å². The number of amides is 3. The molecule has 3 N–H and O–H groups in total. The molecule has 12 heteroatoms. The number of carbonyl (C=O) groups is 3. The smallest absolute Gasteiger partial charge is 0.341 e. The number of para-hydroxylation sites is 1. The maximum absolute atomic E-state index is 12.5. The number of nitrogens with one attached hydrogen (secondary N) is 2. The molecule has 0 spiro atoms. The van der Waals surface area contributed by atoms with E-state index in [4.69, 9.17) is 9.84 Å². The van der Waals surface area contributed by atoms with Gasteiger partial charge in [0.05, 0.1) is 17.1 Å². The molecule has 0 saturated carbocycles. The predicted molar refractivity (Wildman–Crippen MR) is 123 cm³/mol. The van der Waals surface area contributed by atoms with Gasteiger partial charge in [0.2, 0.25) is 0 Å². The highest BCUT2D eigenvalue weighted by atomic mass is 16.6. The molecule has 1 heterocycles. The van der Waals surface area contributed by atoms with Gasteiger partial charge in [0.1, 0.15) is 0 Å². The number of hydrogen-bond acceptors (Lipinski definition) is 8. The van der Waals surface area contributed by atoms with Crippen molar-refractivity contribution in [3.63, 3.8) is 0 Å². The highest BCUT2D eigenvalue weighted by molar-refractivity contribution is 5.97. The zero-order valence-corrected chi connectivity index (χ0v) is 18.3. The number of benzene rings is 2. The van der Waals surface area contributed by atoms with Gasteiger partial charge in [-0.3, -0.25) is 14.9 Å². The average Bonchev–Trinajstić information content (AvgIpc) is 2.86. The highest BCUT2D eigenvalue weighted by Gasteiger charge is 2.26. The van der Waals surface area contributed by atoms with Gasteiger partial charge in [0, 0.05) is 56.2 Å². The van der Waals surface area contributed by atoms with Gasteiger partial charge >= 0.3 is 12.0 Å². The van der Waals surface area contributed by atoms with Crippen molar-refractivity contribution in [3.8, 4) is 0 Å². The van der Waals surface area contributed by atoms with Crippen molar-refractivity contribution in [3.05, 3.63) is 64.2 Å². The normalized spacial score (nSPS) is 13.2. The number of carbonyl (C=O) groups excluding carboxylic acids is 3. The number of nitro groups is 1. The lowest BCUT2D eigenvalue weighted by atomic mass is 10.1. The van der Waals surface area contributed by atoms with Gasteiger partial charge in [0.25, 0.3) is 11.6 Å². The summed E-state index contributed by atoms with van der Waals surface area (Å²) in [4.78, 5) is 50.9. The van der Waals surface area contributed by atoms with Crippen molar-refractivity contribution in [2.75, 3.05) is 56.6 Å². The Kier molecular flexibility index (Phi) is 8.35. The van der Waals surface area contributed by atoms with Crippen molar-refractivity contribution in [1.29, 1.82) is 0 Å². The lowest BCUT2D eigenvalue weighted by Gasteiger charge is -2.34. The number of esters is 1. The molecule has 0 aromatic heterocycles. The van der Waals surface area contributed by atoms with E-state index in [9.17, 15) is 24.5 Å². The van der Waals surface area contributed by atoms with Crippen LogP contribution >= 0.6 is 0 Å². The van der Waals surface area contributed by atoms with E-state index in [2.05, 4.69) is 10.6 Å². The number of hydrogen-bond donors (Lipinski definition) is 3. The quantitative estimate of drug-likeness (QED) is 0.297. The minimum Gasteiger partial charge on any atom is -0.452 e. The fourth-order valence-electron chi connectivity index (χ4n) is 3.34. The number of nitro benzene ring substituents is 1. The third kappa shape index (κ3) is 6.42. The first-order chi connectivity index (χ1) is 16.4. The Labute approximate surface area is 195 Å². The van der Waals surface area contributed by atoms with E-state index in [1.54, 1.807) is 17.0 Å². The van der Waals surface area contributed by atoms with Crippen molar-refractivity contribution >= 4 is 35.0 Å². The van der Waals surface area contributed by atoms with Crippen LogP contribution < -0.4 is 10.6 Å². The molecule has 180 valence electrons. The van der Waals surface area contributed by atoms with Crippen LogP contribution in [0.2, 0.25) is 0 Å². The fourth-order valence-corrected chi connectivity index (χ4v) is 3.34. The summed E-state index contributed by atoms with van der Waals surface area (Å²) < 4.78 is 5.10. The van der Waals surface area contributed by atoms with Crippen molar-refractivity contribution in [2.45, 2.75) is 0 Å². The number of non-ortho nitro benzene ring substituents is 1. The van der Waals surface area contributed by atoms with Gasteiger partial charge in [-0.05, 0) is 18.2 Å². The third-order valence-corrected chi connectivity index (χ3v) is 5.13. The van der Waals surface area contributed by atoms with Gasteiger partial charge in [-0.25, -0.2) is 9.59 Å². The number of nitrogens with zero attached hydrogens (tertiary/aromatic N) is 3. The Hall–Kier alpha value is -4.19. The maximum Gasteiger partial charge on any atom is 0.341 e. The molecule has 0 aliphatic carbocycles. The number of urea groups is 1. The summed E-state index contributed by atoms with van der Waals surface area (Å²) >= 11 is 0. The lowest BCUT2D eigenvalue weighted by Crippen LogP contribution is -2.52. The SMILES string of the molecule is O=C(OCC(=O)N1CCN(C(=O)Nc2ccccc2)CC1)c1cc([N+](=O)[O-])ccc1NCCO. The van der Waals surface area contributed by atoms with Crippen LogP contribution in [-0.4, -0.2) is 83.7 Å². The van der Waals surface area contributed by atoms with Crippen molar-refractivity contribution in [1.82, 2.24) is 9.80 Å². The van der Waals surface area contributed by atoms with Crippen LogP contribution in [0, 0.1) is 10.1 Å². The summed E-state index contributed by atoms with van der Waals surface area (Å²) in [6.07, 6.45) is 0. The minimum atomic E-state index is -0.904. The van der Waals surface area contributed by atoms with E-state index in [0.29, 0.717) is 18.8 Å². The Morgan fingerprint density at radius 3 is 2.35 bits per heavy atom. The molecule has 0 unspecified atom stereocenters. The Bertz CT molecular complexity index is 1040. The van der Waals surface area contributed by atoms with Crippen molar-refractivity contribution in [2.24, 2.45) is 0 Å². The topological polar surface area (TPSA) is 154 Å². The Balaban J connectivity index is 1.52. The molecule has 1 aliphatic rings. The first kappa shape index (κ1) is 24.5. The molecule has 12 nitrogen and oxygen atoms in total. The summed E-state index contributed by atoms with van der Waals surface area (Å²) in [5.41, 5.74) is 0.498. The number of aliphatic hydroxyl groups is 1. The first-order valence-electron chi connectivity index (χ1n) is 10.6. The summed E-state index contributed by atoms with van der Waals surface area (Å²) in [6.45, 7) is 0.559. The van der Waals surface area contributed by atoms with Gasteiger partial charge in [0.15, 0.2) is 6.61 Å². The Morgan fingerprint density at radius 1 is 1.03 bits per heavy atom. The monoisotopic (exact) mass is 471 g/mol. The number of ether oxygens (including phenoxy) is 1. The van der Waals surface area contributed by atoms with Crippen LogP contribution in [0.25, 0.3) is 0 Å². The lowest BCUT2D eigenvalue weighted by molar-refractivity contribution is -0.384. The molecule has 1 saturated heterocycles. The summed E-state index contributed by atoms with van der Waals surface area (Å²) in [5, 5.41) is 25.6. The molecule has 0 bridgehead atoms. The minimum absolute atomic E-state index is 0.113. The third-order valence-electron chi connectivity index (χ3n) is 5.13. The standard InChI is InChI=1S/C22H25N5O7/c28-13-8-23-19-7-6-17(27(32)33)14-18(19)21(30)34-15-20(29)25-9-11-26(12-10-25)22(31)24-16-4-2-1-3-5-16/h1-7,14,23,28H,8-13,15H2,(H,24,31). The van der Waals surface area contributed by atoms with Crippen LogP contribution in [0.1, 0.15) is 10.4 Å². The van der Waals surface area contributed by atoms with Crippen LogP contribution in [-0.2, 0) is 9.53 Å². The molecule has 1 aliphatic heterocycles. The molecular weight excluding hydrogens is 446 g/mol. The second-order valence-electron chi connectivity index (χ2n) is 7.38. The zero-order chi connectivity index (χ0) is 24.5. The molecule has 1 fully saturated rings. The average molecular weight is 471 g/mol. The number of aliphatic hydroxyl groups excluding tert-OH is 1. The summed E-state index contributed by atoms with van der Waals surface area (Å²) in [6, 6.07) is 12.4. The largest absolute Gasteiger partial charge is 0.452 e. The maximum atomic E-state index is 12.5. The van der Waals surface area contributed by atoms with Crippen LogP contribution in [0.3, 0.4) is 0 Å². The number of anilines is 2. The van der Waals surface area contributed by atoms with E-state index < -0.39 is 23.4 Å². The second-order valence-corrected chi connectivity index (χ2v) is 7.38. The van der Waals surface area contributed by atoms with Crippen LogP contribution in [0.5, 0.6) is 0 Å². The van der Waals surface area contributed by atoms with Crippen molar-refractivity contribution < 1.29 is 29.2 Å². The van der Waals surface area contributed by atoms with E-state index >= 15 is 0 Å². The van der Waals surface area contributed by atoms with Crippen LogP contribution in [0.4, 0.5) is 21.9 Å². The van der Waals surface area contributed by atoms with E-state index in [-0.39, 0.29) is 49.2 Å². The first-order valence-corrected chi connectivity index (χ1v) is 10.6. The van der Waals surface area contributed by atoms with Crippen LogP contribution in [0.15, 0.2) is 48.5 Å². The second kappa shape index (κ2) is 11.6. The molecule has 0 atom stereocenters. The number of piperazine rings is 1. The van der Waals surface area contributed by atoms with E-state index in [1.807, 2.05) is 18.2 Å².